The molecule has 0 saturated carbocycles. The molecule has 0 aromatic heterocycles. The summed E-state index contributed by atoms with van der Waals surface area (Å²) in [5, 5.41) is 3.41. The monoisotopic (exact) mass is 331 g/mol. The summed E-state index contributed by atoms with van der Waals surface area (Å²) in [7, 11) is 0. The van der Waals surface area contributed by atoms with Crippen LogP contribution in [-0.2, 0) is 6.54 Å². The molecule has 2 aromatic carbocycles. The molecule has 2 aromatic rings. The Morgan fingerprint density at radius 2 is 1.95 bits per heavy atom. The van der Waals surface area contributed by atoms with Crippen molar-refractivity contribution in [2.24, 2.45) is 0 Å². The van der Waals surface area contributed by atoms with Crippen LogP contribution in [0.4, 0.5) is 5.69 Å². The molecule has 0 unspecified atom stereocenters. The summed E-state index contributed by atoms with van der Waals surface area (Å²) >= 11 is 3.50. The maximum Gasteiger partial charge on any atom is 0.124 e. The number of nitrogens with one attached hydrogen (secondary N) is 1. The molecule has 0 aliphatic rings. The van der Waals surface area contributed by atoms with Crippen LogP contribution in [0.25, 0.3) is 0 Å². The minimum absolute atomic E-state index is 0.513. The Hall–Kier alpha value is -1.74. The summed E-state index contributed by atoms with van der Waals surface area (Å²) < 4.78 is 6.72. The van der Waals surface area contributed by atoms with Crippen LogP contribution in [0.2, 0.25) is 0 Å². The van der Waals surface area contributed by atoms with Crippen LogP contribution < -0.4 is 10.1 Å². The number of rotatable bonds is 6. The molecule has 0 amide bonds. The van der Waals surface area contributed by atoms with Crippen molar-refractivity contribution in [3.05, 3.63) is 70.7 Å². The molecule has 0 radical (unpaired) electrons. The maximum absolute atomic E-state index is 5.67. The SMILES string of the molecule is C=CCOc1ccc(Br)cc1CNc1ccc(C)cc1. The van der Waals surface area contributed by atoms with Crippen molar-refractivity contribution >= 4 is 21.6 Å². The lowest BCUT2D eigenvalue weighted by Crippen LogP contribution is -2.03. The van der Waals surface area contributed by atoms with Crippen molar-refractivity contribution in [1.29, 1.82) is 0 Å². The topological polar surface area (TPSA) is 21.3 Å². The van der Waals surface area contributed by atoms with E-state index in [1.807, 2.05) is 12.1 Å². The van der Waals surface area contributed by atoms with Crippen molar-refractivity contribution in [3.8, 4) is 5.75 Å². The van der Waals surface area contributed by atoms with E-state index in [1.165, 1.54) is 5.56 Å². The Bertz CT molecular complexity index is 578. The lowest BCUT2D eigenvalue weighted by atomic mass is 10.2. The van der Waals surface area contributed by atoms with Crippen LogP contribution in [0.15, 0.2) is 59.6 Å². The van der Waals surface area contributed by atoms with Gasteiger partial charge in [0.1, 0.15) is 12.4 Å². The zero-order chi connectivity index (χ0) is 14.4. The number of anilines is 1. The van der Waals surface area contributed by atoms with Gasteiger partial charge in [0.25, 0.3) is 0 Å². The van der Waals surface area contributed by atoms with Crippen LogP contribution in [0.3, 0.4) is 0 Å². The molecule has 0 atom stereocenters. The molecule has 20 heavy (non-hydrogen) atoms. The highest BCUT2D eigenvalue weighted by Crippen LogP contribution is 2.24. The van der Waals surface area contributed by atoms with E-state index < -0.39 is 0 Å². The molecule has 0 fully saturated rings. The summed E-state index contributed by atoms with van der Waals surface area (Å²) in [6.07, 6.45) is 1.75. The van der Waals surface area contributed by atoms with Gasteiger partial charge < -0.3 is 10.1 Å². The number of hydrogen-bond acceptors (Lipinski definition) is 2. The van der Waals surface area contributed by atoms with Gasteiger partial charge in [-0.2, -0.15) is 0 Å². The van der Waals surface area contributed by atoms with Crippen molar-refractivity contribution in [2.45, 2.75) is 13.5 Å². The van der Waals surface area contributed by atoms with Gasteiger partial charge in [-0.25, -0.2) is 0 Å². The first-order chi connectivity index (χ1) is 9.69. The third-order valence-corrected chi connectivity index (χ3v) is 3.41. The lowest BCUT2D eigenvalue weighted by molar-refractivity contribution is 0.359. The number of hydrogen-bond donors (Lipinski definition) is 1. The van der Waals surface area contributed by atoms with E-state index in [0.29, 0.717) is 6.61 Å². The van der Waals surface area contributed by atoms with E-state index >= 15 is 0 Å². The fourth-order valence-electron chi connectivity index (χ4n) is 1.84. The van der Waals surface area contributed by atoms with Gasteiger partial charge in [-0.15, -0.1) is 0 Å². The third kappa shape index (κ3) is 4.14. The number of halogens is 1. The molecule has 0 saturated heterocycles. The average Bonchev–Trinajstić information content (AvgIpc) is 2.46. The van der Waals surface area contributed by atoms with E-state index in [2.05, 4.69) is 65.1 Å². The Kier molecular flexibility index (Phi) is 5.24. The van der Waals surface area contributed by atoms with Gasteiger partial charge >= 0.3 is 0 Å². The number of benzene rings is 2. The molecule has 0 aliphatic heterocycles. The largest absolute Gasteiger partial charge is 0.489 e. The molecule has 1 N–H and O–H groups in total. The molecule has 0 spiro atoms. The summed E-state index contributed by atoms with van der Waals surface area (Å²) in [5.74, 6) is 0.882. The van der Waals surface area contributed by atoms with Gasteiger partial charge in [0, 0.05) is 22.3 Å². The standard InChI is InChI=1S/C17H18BrNO/c1-3-10-20-17-9-6-15(18)11-14(17)12-19-16-7-4-13(2)5-8-16/h3-9,11,19H,1,10,12H2,2H3. The van der Waals surface area contributed by atoms with E-state index in [-0.39, 0.29) is 0 Å². The zero-order valence-electron chi connectivity index (χ0n) is 11.5. The summed E-state index contributed by atoms with van der Waals surface area (Å²) in [6.45, 7) is 6.99. The second-order valence-corrected chi connectivity index (χ2v) is 5.49. The predicted octanol–water partition coefficient (Wildman–Crippen LogP) is 4.93. The Morgan fingerprint density at radius 1 is 1.20 bits per heavy atom. The van der Waals surface area contributed by atoms with Gasteiger partial charge in [0.05, 0.1) is 0 Å². The third-order valence-electron chi connectivity index (χ3n) is 2.91. The van der Waals surface area contributed by atoms with Crippen molar-refractivity contribution in [2.75, 3.05) is 11.9 Å². The lowest BCUT2D eigenvalue weighted by Gasteiger charge is -2.12. The van der Waals surface area contributed by atoms with Crippen LogP contribution >= 0.6 is 15.9 Å². The van der Waals surface area contributed by atoms with Crippen molar-refractivity contribution in [1.82, 2.24) is 0 Å². The number of aryl methyl sites for hydroxylation is 1. The van der Waals surface area contributed by atoms with Crippen LogP contribution in [-0.4, -0.2) is 6.61 Å². The molecule has 2 nitrogen and oxygen atoms in total. The van der Waals surface area contributed by atoms with Gasteiger partial charge in [0.2, 0.25) is 0 Å². The molecule has 2 rings (SSSR count). The summed E-state index contributed by atoms with van der Waals surface area (Å²) in [6, 6.07) is 14.4. The van der Waals surface area contributed by atoms with Crippen molar-refractivity contribution in [3.63, 3.8) is 0 Å². The van der Waals surface area contributed by atoms with E-state index in [9.17, 15) is 0 Å². The normalized spacial score (nSPS) is 10.1. The fraction of sp³-hybridized carbons (Fsp3) is 0.176. The Labute approximate surface area is 128 Å². The smallest absolute Gasteiger partial charge is 0.124 e. The molecule has 104 valence electrons. The Balaban J connectivity index is 2.09. The average molecular weight is 332 g/mol. The summed E-state index contributed by atoms with van der Waals surface area (Å²) in [5.41, 5.74) is 3.47. The van der Waals surface area contributed by atoms with Crippen molar-refractivity contribution < 1.29 is 4.74 Å². The fourth-order valence-corrected chi connectivity index (χ4v) is 2.25. The van der Waals surface area contributed by atoms with E-state index in [4.69, 9.17) is 4.74 Å². The minimum atomic E-state index is 0.513. The second kappa shape index (κ2) is 7.15. The van der Waals surface area contributed by atoms with Gasteiger partial charge in [-0.05, 0) is 37.3 Å². The maximum atomic E-state index is 5.67. The summed E-state index contributed by atoms with van der Waals surface area (Å²) in [4.78, 5) is 0. The van der Waals surface area contributed by atoms with Crippen LogP contribution in [0.1, 0.15) is 11.1 Å². The Morgan fingerprint density at radius 3 is 2.65 bits per heavy atom. The van der Waals surface area contributed by atoms with Gasteiger partial charge in [-0.1, -0.05) is 46.3 Å². The van der Waals surface area contributed by atoms with E-state index in [1.54, 1.807) is 6.08 Å². The minimum Gasteiger partial charge on any atom is -0.489 e. The molecule has 0 heterocycles. The highest BCUT2D eigenvalue weighted by Gasteiger charge is 2.04. The quantitative estimate of drug-likeness (QED) is 0.757. The van der Waals surface area contributed by atoms with Crippen LogP contribution in [0.5, 0.6) is 5.75 Å². The first-order valence-corrected chi connectivity index (χ1v) is 7.31. The first kappa shape index (κ1) is 14.7. The number of ether oxygens (including phenoxy) is 1. The molecule has 3 heteroatoms. The predicted molar refractivity (Wildman–Crippen MR) is 88.3 cm³/mol. The molecular weight excluding hydrogens is 314 g/mol. The van der Waals surface area contributed by atoms with E-state index in [0.717, 1.165) is 28.0 Å². The van der Waals surface area contributed by atoms with Gasteiger partial charge in [0.15, 0.2) is 0 Å². The highest BCUT2D eigenvalue weighted by atomic mass is 79.9. The second-order valence-electron chi connectivity index (χ2n) is 4.57. The van der Waals surface area contributed by atoms with Gasteiger partial charge in [-0.3, -0.25) is 0 Å². The van der Waals surface area contributed by atoms with Crippen LogP contribution in [0, 0.1) is 6.92 Å². The molecule has 0 aliphatic carbocycles. The zero-order valence-corrected chi connectivity index (χ0v) is 13.1. The molecule has 0 bridgehead atoms. The molecular formula is C17H18BrNO. The first-order valence-electron chi connectivity index (χ1n) is 6.51. The highest BCUT2D eigenvalue weighted by molar-refractivity contribution is 9.10.